The zero-order valence-electron chi connectivity index (χ0n) is 23.7. The van der Waals surface area contributed by atoms with Gasteiger partial charge in [-0.3, -0.25) is 0 Å². The summed E-state index contributed by atoms with van der Waals surface area (Å²) < 4.78 is 22.1. The third kappa shape index (κ3) is 9.40. The Morgan fingerprint density at radius 2 is 1.80 bits per heavy atom. The Bertz CT molecular complexity index is 1270. The molecule has 2 aromatic heterocycles. The lowest BCUT2D eigenvalue weighted by atomic mass is 10.1. The molecule has 2 saturated heterocycles. The van der Waals surface area contributed by atoms with Gasteiger partial charge in [-0.2, -0.15) is 0 Å². The van der Waals surface area contributed by atoms with E-state index in [1.807, 2.05) is 32.9 Å². The number of likely N-dealkylation sites (tertiary alicyclic amines) is 1. The van der Waals surface area contributed by atoms with E-state index in [9.17, 15) is 9.59 Å². The molecule has 1 amide bonds. The van der Waals surface area contributed by atoms with E-state index in [2.05, 4.69) is 15.5 Å². The number of carbonyl (C=O) groups excluding carboxylic acids is 1. The topological polar surface area (TPSA) is 132 Å². The smallest absolute Gasteiger partial charge is 0.407 e. The molecule has 0 bridgehead atoms. The number of piperidine rings is 2. The van der Waals surface area contributed by atoms with E-state index in [1.165, 1.54) is 6.07 Å². The maximum Gasteiger partial charge on any atom is 0.407 e. The Morgan fingerprint density at radius 1 is 1.10 bits per heavy atom. The van der Waals surface area contributed by atoms with Gasteiger partial charge in [-0.1, -0.05) is 0 Å². The number of nitrogens with two attached hydrogens (primary N) is 1. The number of benzene rings is 1. The van der Waals surface area contributed by atoms with Gasteiger partial charge in [-0.25, -0.2) is 9.59 Å². The first-order valence-electron chi connectivity index (χ1n) is 13.9. The van der Waals surface area contributed by atoms with Crippen molar-refractivity contribution in [3.05, 3.63) is 40.9 Å². The number of carbonyl (C=O) groups is 1. The van der Waals surface area contributed by atoms with E-state index in [-0.39, 0.29) is 24.5 Å². The van der Waals surface area contributed by atoms with E-state index >= 15 is 0 Å². The van der Waals surface area contributed by atoms with E-state index in [1.54, 1.807) is 12.3 Å². The summed E-state index contributed by atoms with van der Waals surface area (Å²) in [7, 11) is 0. The number of hydrogen-bond acceptors (Lipinski definition) is 9. The minimum absolute atomic E-state index is 0. The lowest BCUT2D eigenvalue weighted by molar-refractivity contribution is 0.0495. The summed E-state index contributed by atoms with van der Waals surface area (Å²) in [6.45, 7) is 11.2. The van der Waals surface area contributed by atoms with Crippen LogP contribution in [0.2, 0.25) is 0 Å². The predicted molar refractivity (Wildman–Crippen MR) is 159 cm³/mol. The molecule has 5 rings (SSSR count). The molecular formula is C29H43ClN4O6. The highest BCUT2D eigenvalue weighted by Crippen LogP contribution is 2.35. The molecule has 0 unspecified atom stereocenters. The molecule has 0 saturated carbocycles. The second-order valence-corrected chi connectivity index (χ2v) is 11.3. The summed E-state index contributed by atoms with van der Waals surface area (Å²) in [6, 6.07) is 7.59. The molecule has 4 heterocycles. The van der Waals surface area contributed by atoms with Crippen LogP contribution in [0.25, 0.3) is 21.9 Å². The number of alkyl carbamates (subject to hydrolysis) is 1. The molecule has 0 radical (unpaired) electrons. The van der Waals surface area contributed by atoms with Gasteiger partial charge < -0.3 is 39.6 Å². The fourth-order valence-corrected chi connectivity index (χ4v) is 4.82. The maximum absolute atomic E-state index is 11.6. The average Bonchev–Trinajstić information content (AvgIpc) is 3.35. The second kappa shape index (κ2) is 14.7. The summed E-state index contributed by atoms with van der Waals surface area (Å²) in [5.41, 5.74) is 6.20. The van der Waals surface area contributed by atoms with Gasteiger partial charge in [-0.05, 0) is 97.3 Å². The number of rotatable bonds is 6. The Hall–Kier alpha value is -2.79. The van der Waals surface area contributed by atoms with Gasteiger partial charge in [0.1, 0.15) is 5.60 Å². The van der Waals surface area contributed by atoms with Crippen LogP contribution in [-0.2, 0) is 4.74 Å². The lowest BCUT2D eigenvalue weighted by Crippen LogP contribution is -2.44. The van der Waals surface area contributed by atoms with Crippen molar-refractivity contribution in [2.45, 2.75) is 70.6 Å². The maximum atomic E-state index is 11.6. The number of hydrogen-bond donors (Lipinski definition) is 3. The molecule has 11 heteroatoms. The molecule has 0 atom stereocenters. The molecule has 4 N–H and O–H groups in total. The lowest BCUT2D eigenvalue weighted by Gasteiger charge is -2.29. The average molecular weight is 579 g/mol. The first-order chi connectivity index (χ1) is 18.7. The fraction of sp³-hybridized carbons (Fsp3) is 0.586. The number of furan rings is 1. The van der Waals surface area contributed by atoms with E-state index < -0.39 is 11.2 Å². The van der Waals surface area contributed by atoms with Gasteiger partial charge in [-0.15, -0.1) is 12.4 Å². The van der Waals surface area contributed by atoms with Crippen LogP contribution >= 0.6 is 12.4 Å². The molecule has 0 spiro atoms. The summed E-state index contributed by atoms with van der Waals surface area (Å²) in [4.78, 5) is 25.4. The van der Waals surface area contributed by atoms with Gasteiger partial charge in [0.05, 0.1) is 12.9 Å². The standard InChI is InChI=1S/C19H22N2O4.C10H20N2O2.ClH/c20-15-4-8-21(9-5-15)7-1-10-23-19-17-14(6-11-24-17)12-13-2-3-16(22)25-18(13)19;1-10(2,3)14-9(13)12-8-4-6-11-7-5-8;/h2-3,6,11-12,15H,1,4-5,7-10,20H2;8,11H,4-7H2,1-3H3,(H,12,13);1H. The highest BCUT2D eigenvalue weighted by molar-refractivity contribution is 5.99. The Balaban J connectivity index is 0.000000253. The van der Waals surface area contributed by atoms with Crippen LogP contribution in [0, 0.1) is 0 Å². The highest BCUT2D eigenvalue weighted by atomic mass is 35.5. The van der Waals surface area contributed by atoms with Crippen molar-refractivity contribution in [1.82, 2.24) is 15.5 Å². The first-order valence-corrected chi connectivity index (χ1v) is 13.9. The van der Waals surface area contributed by atoms with Gasteiger partial charge in [0.2, 0.25) is 5.75 Å². The van der Waals surface area contributed by atoms with Crippen molar-refractivity contribution in [1.29, 1.82) is 0 Å². The molecule has 2 fully saturated rings. The van der Waals surface area contributed by atoms with Gasteiger partial charge in [0.15, 0.2) is 11.2 Å². The van der Waals surface area contributed by atoms with Crippen molar-refractivity contribution >= 4 is 40.4 Å². The molecule has 1 aromatic carbocycles. The quantitative estimate of drug-likeness (QED) is 0.287. The molecular weight excluding hydrogens is 536 g/mol. The van der Waals surface area contributed by atoms with Crippen molar-refractivity contribution in [2.75, 3.05) is 39.3 Å². The molecule has 0 aliphatic carbocycles. The van der Waals surface area contributed by atoms with Crippen molar-refractivity contribution in [3.8, 4) is 5.75 Å². The summed E-state index contributed by atoms with van der Waals surface area (Å²) in [6.07, 6.45) is 6.30. The molecule has 2 aliphatic rings. The van der Waals surface area contributed by atoms with Crippen LogP contribution in [-0.4, -0.2) is 68.0 Å². The normalized spacial score (nSPS) is 17.1. The minimum Gasteiger partial charge on any atom is -0.486 e. The summed E-state index contributed by atoms with van der Waals surface area (Å²) >= 11 is 0. The van der Waals surface area contributed by atoms with E-state index in [0.29, 0.717) is 29.6 Å². The monoisotopic (exact) mass is 578 g/mol. The molecule has 40 heavy (non-hydrogen) atoms. The first kappa shape index (κ1) is 31.7. The third-order valence-corrected chi connectivity index (χ3v) is 6.84. The van der Waals surface area contributed by atoms with Crippen LogP contribution in [0.1, 0.15) is 52.9 Å². The number of halogens is 1. The molecule has 222 valence electrons. The van der Waals surface area contributed by atoms with Crippen LogP contribution in [0.15, 0.2) is 44.2 Å². The zero-order chi connectivity index (χ0) is 27.8. The number of ether oxygens (including phenoxy) is 2. The SMILES string of the molecule is CC(C)(C)OC(=O)NC1CCNCC1.Cl.NC1CCN(CCCOc2c3occc3cc3ccc(=O)oc23)CC1. The van der Waals surface area contributed by atoms with Gasteiger partial charge >= 0.3 is 11.7 Å². The number of fused-ring (bicyclic) bond motifs is 2. The van der Waals surface area contributed by atoms with Gasteiger partial charge in [0, 0.05) is 35.5 Å². The van der Waals surface area contributed by atoms with Gasteiger partial charge in [0.25, 0.3) is 0 Å². The van der Waals surface area contributed by atoms with E-state index in [0.717, 1.165) is 75.6 Å². The largest absolute Gasteiger partial charge is 0.486 e. The minimum atomic E-state index is -0.406. The number of amides is 1. The Kier molecular flexibility index (Phi) is 11.7. The van der Waals surface area contributed by atoms with Crippen molar-refractivity contribution < 1.29 is 23.1 Å². The fourth-order valence-electron chi connectivity index (χ4n) is 4.82. The van der Waals surface area contributed by atoms with Crippen LogP contribution in [0.5, 0.6) is 5.75 Å². The van der Waals surface area contributed by atoms with E-state index in [4.69, 9.17) is 24.0 Å². The number of nitrogens with zero attached hydrogens (tertiary/aromatic N) is 1. The highest BCUT2D eigenvalue weighted by Gasteiger charge is 2.21. The Labute approximate surface area is 241 Å². The molecule has 3 aromatic rings. The summed E-state index contributed by atoms with van der Waals surface area (Å²) in [5.74, 6) is 0.510. The summed E-state index contributed by atoms with van der Waals surface area (Å²) in [5, 5.41) is 7.88. The predicted octanol–water partition coefficient (Wildman–Crippen LogP) is 4.42. The Morgan fingerprint density at radius 3 is 2.50 bits per heavy atom. The van der Waals surface area contributed by atoms with Crippen molar-refractivity contribution in [2.24, 2.45) is 5.73 Å². The number of nitrogens with one attached hydrogen (secondary N) is 2. The van der Waals surface area contributed by atoms with Crippen LogP contribution < -0.4 is 26.7 Å². The second-order valence-electron chi connectivity index (χ2n) is 11.3. The molecule has 10 nitrogen and oxygen atoms in total. The third-order valence-electron chi connectivity index (χ3n) is 6.84. The molecule has 2 aliphatic heterocycles. The zero-order valence-corrected chi connectivity index (χ0v) is 24.5. The van der Waals surface area contributed by atoms with Crippen LogP contribution in [0.4, 0.5) is 4.79 Å². The van der Waals surface area contributed by atoms with Crippen LogP contribution in [0.3, 0.4) is 0 Å². The van der Waals surface area contributed by atoms with Crippen molar-refractivity contribution in [3.63, 3.8) is 0 Å².